The van der Waals surface area contributed by atoms with Crippen LogP contribution < -0.4 is 10.6 Å². The van der Waals surface area contributed by atoms with E-state index in [2.05, 4.69) is 34.6 Å². The summed E-state index contributed by atoms with van der Waals surface area (Å²) in [5.41, 5.74) is 3.67. The molecule has 23 heavy (non-hydrogen) atoms. The molecule has 6 heteroatoms. The van der Waals surface area contributed by atoms with Gasteiger partial charge in [-0.05, 0) is 51.0 Å². The predicted octanol–water partition coefficient (Wildman–Crippen LogP) is 1.56. The van der Waals surface area contributed by atoms with E-state index in [-0.39, 0.29) is 0 Å². The molecule has 130 valence electrons. The Balaban J connectivity index is 1.58. The molecule has 1 heterocycles. The van der Waals surface area contributed by atoms with Gasteiger partial charge in [-0.1, -0.05) is 0 Å². The second-order valence-corrected chi connectivity index (χ2v) is 6.32. The molecule has 0 bridgehead atoms. The van der Waals surface area contributed by atoms with Crippen LogP contribution in [-0.4, -0.2) is 49.1 Å². The molecule has 0 atom stereocenters. The zero-order chi connectivity index (χ0) is 16.7. The van der Waals surface area contributed by atoms with Crippen molar-refractivity contribution < 1.29 is 4.74 Å². The lowest BCUT2D eigenvalue weighted by atomic mass is 10.1. The number of aliphatic imine (C=N–C) groups is 1. The molecular formula is C17H31N5O. The van der Waals surface area contributed by atoms with Crippen molar-refractivity contribution >= 4 is 5.96 Å². The minimum Gasteiger partial charge on any atom is -0.381 e. The van der Waals surface area contributed by atoms with Crippen molar-refractivity contribution in [2.45, 2.75) is 39.5 Å². The number of aryl methyl sites for hydroxylation is 2. The SMILES string of the molecule is CN=C(NCCCOCC1CC1)NCCc1c(C)nn(C)c1C. The minimum atomic E-state index is 0.828. The van der Waals surface area contributed by atoms with Crippen LogP contribution in [0, 0.1) is 19.8 Å². The van der Waals surface area contributed by atoms with E-state index < -0.39 is 0 Å². The summed E-state index contributed by atoms with van der Waals surface area (Å²) in [4.78, 5) is 4.26. The molecule has 1 aromatic heterocycles. The summed E-state index contributed by atoms with van der Waals surface area (Å²) in [7, 11) is 3.80. The van der Waals surface area contributed by atoms with Crippen molar-refractivity contribution in [3.63, 3.8) is 0 Å². The number of rotatable bonds is 9. The molecule has 1 aromatic rings. The topological polar surface area (TPSA) is 63.5 Å². The number of guanidine groups is 1. The van der Waals surface area contributed by atoms with E-state index >= 15 is 0 Å². The van der Waals surface area contributed by atoms with Crippen LogP contribution in [0.25, 0.3) is 0 Å². The van der Waals surface area contributed by atoms with Crippen LogP contribution in [0.5, 0.6) is 0 Å². The van der Waals surface area contributed by atoms with Crippen molar-refractivity contribution in [3.8, 4) is 0 Å². The first kappa shape index (κ1) is 17.8. The number of nitrogens with zero attached hydrogens (tertiary/aromatic N) is 3. The lowest BCUT2D eigenvalue weighted by molar-refractivity contribution is 0.123. The smallest absolute Gasteiger partial charge is 0.190 e. The summed E-state index contributed by atoms with van der Waals surface area (Å²) in [6.45, 7) is 7.69. The monoisotopic (exact) mass is 321 g/mol. The summed E-state index contributed by atoms with van der Waals surface area (Å²) in [5, 5.41) is 11.1. The lowest BCUT2D eigenvalue weighted by Gasteiger charge is -2.12. The van der Waals surface area contributed by atoms with Crippen molar-refractivity contribution in [1.29, 1.82) is 0 Å². The molecule has 0 aliphatic heterocycles. The van der Waals surface area contributed by atoms with Gasteiger partial charge in [0.1, 0.15) is 0 Å². The number of ether oxygens (including phenoxy) is 1. The fourth-order valence-electron chi connectivity index (χ4n) is 2.62. The van der Waals surface area contributed by atoms with Crippen LogP contribution in [0.3, 0.4) is 0 Å². The molecule has 6 nitrogen and oxygen atoms in total. The van der Waals surface area contributed by atoms with Crippen molar-refractivity contribution in [3.05, 3.63) is 17.0 Å². The maximum atomic E-state index is 5.63. The molecule has 0 saturated heterocycles. The molecule has 1 aliphatic rings. The maximum Gasteiger partial charge on any atom is 0.190 e. The highest BCUT2D eigenvalue weighted by atomic mass is 16.5. The Morgan fingerprint density at radius 1 is 1.30 bits per heavy atom. The van der Waals surface area contributed by atoms with Gasteiger partial charge in [-0.2, -0.15) is 5.10 Å². The zero-order valence-electron chi connectivity index (χ0n) is 15.0. The van der Waals surface area contributed by atoms with Crippen LogP contribution >= 0.6 is 0 Å². The molecule has 1 saturated carbocycles. The predicted molar refractivity (Wildman–Crippen MR) is 93.9 cm³/mol. The maximum absolute atomic E-state index is 5.63. The molecule has 2 N–H and O–H groups in total. The van der Waals surface area contributed by atoms with E-state index in [1.54, 1.807) is 7.05 Å². The summed E-state index contributed by atoms with van der Waals surface area (Å²) in [6, 6.07) is 0. The molecule has 1 aliphatic carbocycles. The third-order valence-corrected chi connectivity index (χ3v) is 4.36. The van der Waals surface area contributed by atoms with Crippen LogP contribution in [0.4, 0.5) is 0 Å². The molecule has 0 spiro atoms. The second-order valence-electron chi connectivity index (χ2n) is 6.32. The van der Waals surface area contributed by atoms with Gasteiger partial charge in [0.05, 0.1) is 5.69 Å². The Morgan fingerprint density at radius 2 is 2.04 bits per heavy atom. The number of nitrogens with one attached hydrogen (secondary N) is 2. The summed E-state index contributed by atoms with van der Waals surface area (Å²) < 4.78 is 7.57. The first-order chi connectivity index (χ1) is 11.1. The standard InChI is InChI=1S/C17H31N5O/c1-13-16(14(2)22(4)21-13)8-10-20-17(18-3)19-9-5-11-23-12-15-6-7-15/h15H,5-12H2,1-4H3,(H2,18,19,20). The molecular weight excluding hydrogens is 290 g/mol. The van der Waals surface area contributed by atoms with Crippen molar-refractivity contribution in [1.82, 2.24) is 20.4 Å². The summed E-state index contributed by atoms with van der Waals surface area (Å²) >= 11 is 0. The van der Waals surface area contributed by atoms with Gasteiger partial charge in [0.25, 0.3) is 0 Å². The number of aromatic nitrogens is 2. The highest BCUT2D eigenvalue weighted by Crippen LogP contribution is 2.28. The zero-order valence-corrected chi connectivity index (χ0v) is 15.0. The molecule has 0 amide bonds. The summed E-state index contributed by atoms with van der Waals surface area (Å²) in [6.07, 6.45) is 4.67. The second kappa shape index (κ2) is 8.91. The van der Waals surface area contributed by atoms with Crippen LogP contribution in [0.15, 0.2) is 4.99 Å². The van der Waals surface area contributed by atoms with E-state index in [1.807, 2.05) is 11.7 Å². The van der Waals surface area contributed by atoms with E-state index in [9.17, 15) is 0 Å². The first-order valence-corrected chi connectivity index (χ1v) is 8.63. The van der Waals surface area contributed by atoms with Crippen molar-refractivity contribution in [2.24, 2.45) is 18.0 Å². The third-order valence-electron chi connectivity index (χ3n) is 4.36. The molecule has 1 fully saturated rings. The fourth-order valence-corrected chi connectivity index (χ4v) is 2.62. The van der Waals surface area contributed by atoms with Gasteiger partial charge in [-0.15, -0.1) is 0 Å². The van der Waals surface area contributed by atoms with Gasteiger partial charge >= 0.3 is 0 Å². The lowest BCUT2D eigenvalue weighted by Crippen LogP contribution is -2.39. The van der Waals surface area contributed by atoms with E-state index in [1.165, 1.54) is 24.1 Å². The highest BCUT2D eigenvalue weighted by molar-refractivity contribution is 5.79. The Bertz CT molecular complexity index is 519. The highest BCUT2D eigenvalue weighted by Gasteiger charge is 2.20. The first-order valence-electron chi connectivity index (χ1n) is 8.63. The van der Waals surface area contributed by atoms with Gasteiger partial charge in [0, 0.05) is 46.1 Å². The van der Waals surface area contributed by atoms with E-state index in [0.717, 1.165) is 56.7 Å². The van der Waals surface area contributed by atoms with Crippen LogP contribution in [0.1, 0.15) is 36.2 Å². The third kappa shape index (κ3) is 5.86. The summed E-state index contributed by atoms with van der Waals surface area (Å²) in [5.74, 6) is 1.70. The molecule has 0 aromatic carbocycles. The van der Waals surface area contributed by atoms with Gasteiger partial charge in [0.2, 0.25) is 0 Å². The molecule has 0 unspecified atom stereocenters. The minimum absolute atomic E-state index is 0.828. The largest absolute Gasteiger partial charge is 0.381 e. The fraction of sp³-hybridized carbons (Fsp3) is 0.765. The average Bonchev–Trinajstić information content (AvgIpc) is 3.32. The molecule has 2 rings (SSSR count). The average molecular weight is 321 g/mol. The number of hydrogen-bond acceptors (Lipinski definition) is 3. The quantitative estimate of drug-likeness (QED) is 0.412. The van der Waals surface area contributed by atoms with Gasteiger partial charge in [0.15, 0.2) is 5.96 Å². The number of hydrogen-bond donors (Lipinski definition) is 2. The molecule has 0 radical (unpaired) electrons. The van der Waals surface area contributed by atoms with Crippen molar-refractivity contribution in [2.75, 3.05) is 33.4 Å². The Kier molecular flexibility index (Phi) is 6.89. The van der Waals surface area contributed by atoms with E-state index in [4.69, 9.17) is 4.74 Å². The normalized spacial score (nSPS) is 15.0. The Hall–Kier alpha value is -1.56. The van der Waals surface area contributed by atoms with Gasteiger partial charge in [-0.3, -0.25) is 9.67 Å². The van der Waals surface area contributed by atoms with E-state index in [0.29, 0.717) is 0 Å². The van der Waals surface area contributed by atoms with Gasteiger partial charge in [-0.25, -0.2) is 0 Å². The van der Waals surface area contributed by atoms with Crippen LogP contribution in [0.2, 0.25) is 0 Å². The van der Waals surface area contributed by atoms with Crippen LogP contribution in [-0.2, 0) is 18.2 Å². The Labute approximate surface area is 139 Å². The van der Waals surface area contributed by atoms with Gasteiger partial charge < -0.3 is 15.4 Å². The Morgan fingerprint density at radius 3 is 2.65 bits per heavy atom.